The predicted molar refractivity (Wildman–Crippen MR) is 83.1 cm³/mol. The highest BCUT2D eigenvalue weighted by Crippen LogP contribution is 2.39. The molecule has 7 nitrogen and oxygen atoms in total. The second-order valence-electron chi connectivity index (χ2n) is 4.79. The molecule has 1 aromatic rings. The van der Waals surface area contributed by atoms with Gasteiger partial charge in [0, 0.05) is 4.88 Å². The summed E-state index contributed by atoms with van der Waals surface area (Å²) in [6.45, 7) is 3.38. The first kappa shape index (κ1) is 20.6. The van der Waals surface area contributed by atoms with Gasteiger partial charge in [-0.25, -0.2) is 9.59 Å². The van der Waals surface area contributed by atoms with Crippen molar-refractivity contribution in [2.45, 2.75) is 32.1 Å². The molecule has 11 heteroatoms. The number of methoxy groups -OCH3 is 2. The first-order valence-electron chi connectivity index (χ1n) is 6.89. The Balaban J connectivity index is 3.57. The summed E-state index contributed by atoms with van der Waals surface area (Å²) in [5.74, 6) is -1.81. The SMILES string of the molecule is CCc1c(C)sc(N[C@](NC(=O)OC)(C(=O)OC)C(F)(F)F)c1C#N. The highest BCUT2D eigenvalue weighted by Gasteiger charge is 2.64. The van der Waals surface area contributed by atoms with Gasteiger partial charge in [0.2, 0.25) is 0 Å². The van der Waals surface area contributed by atoms with Gasteiger partial charge in [-0.15, -0.1) is 11.3 Å². The zero-order valence-corrected chi connectivity index (χ0v) is 14.6. The Morgan fingerprint density at radius 2 is 1.88 bits per heavy atom. The summed E-state index contributed by atoms with van der Waals surface area (Å²) in [4.78, 5) is 24.0. The van der Waals surface area contributed by atoms with Gasteiger partial charge in [0.15, 0.2) is 0 Å². The van der Waals surface area contributed by atoms with Crippen molar-refractivity contribution in [3.8, 4) is 6.07 Å². The van der Waals surface area contributed by atoms with Crippen molar-refractivity contribution in [1.82, 2.24) is 5.32 Å². The first-order chi connectivity index (χ1) is 11.6. The largest absolute Gasteiger partial charge is 0.466 e. The molecule has 0 aliphatic rings. The molecule has 0 bridgehead atoms. The number of aryl methyl sites for hydroxylation is 1. The van der Waals surface area contributed by atoms with Crippen LogP contribution in [0.15, 0.2) is 0 Å². The molecule has 0 aliphatic heterocycles. The van der Waals surface area contributed by atoms with Crippen molar-refractivity contribution in [2.24, 2.45) is 0 Å². The second kappa shape index (κ2) is 7.60. The Kier molecular flexibility index (Phi) is 6.26. The number of nitriles is 1. The fourth-order valence-electron chi connectivity index (χ4n) is 2.13. The van der Waals surface area contributed by atoms with Crippen LogP contribution in [0.5, 0.6) is 0 Å². The lowest BCUT2D eigenvalue weighted by molar-refractivity contribution is -0.203. The molecular formula is C14H16F3N3O4S. The van der Waals surface area contributed by atoms with Gasteiger partial charge in [-0.1, -0.05) is 6.92 Å². The fraction of sp³-hybridized carbons (Fsp3) is 0.500. The minimum atomic E-state index is -5.29. The van der Waals surface area contributed by atoms with Crippen LogP contribution in [0.25, 0.3) is 0 Å². The first-order valence-corrected chi connectivity index (χ1v) is 7.71. The molecule has 0 saturated heterocycles. The number of amides is 1. The maximum absolute atomic E-state index is 13.7. The van der Waals surface area contributed by atoms with Crippen LogP contribution in [0.3, 0.4) is 0 Å². The van der Waals surface area contributed by atoms with E-state index < -0.39 is 23.9 Å². The van der Waals surface area contributed by atoms with Gasteiger partial charge in [-0.3, -0.25) is 5.32 Å². The Hall–Kier alpha value is -2.48. The minimum absolute atomic E-state index is 0.0332. The van der Waals surface area contributed by atoms with Gasteiger partial charge in [0.25, 0.3) is 0 Å². The highest BCUT2D eigenvalue weighted by molar-refractivity contribution is 7.16. The quantitative estimate of drug-likeness (QED) is 0.603. The zero-order chi connectivity index (χ0) is 19.4. The van der Waals surface area contributed by atoms with Gasteiger partial charge in [-0.05, 0) is 18.9 Å². The van der Waals surface area contributed by atoms with E-state index >= 15 is 0 Å². The number of alkyl halides is 3. The molecule has 0 radical (unpaired) electrons. The van der Waals surface area contributed by atoms with E-state index in [-0.39, 0.29) is 10.6 Å². The fourth-order valence-corrected chi connectivity index (χ4v) is 3.28. The van der Waals surface area contributed by atoms with Gasteiger partial charge in [0.1, 0.15) is 11.1 Å². The number of nitrogens with zero attached hydrogens (tertiary/aromatic N) is 1. The summed E-state index contributed by atoms with van der Waals surface area (Å²) < 4.78 is 49.5. The predicted octanol–water partition coefficient (Wildman–Crippen LogP) is 2.69. The van der Waals surface area contributed by atoms with Gasteiger partial charge < -0.3 is 14.8 Å². The Labute approximate surface area is 145 Å². The van der Waals surface area contributed by atoms with Crippen LogP contribution in [0.4, 0.5) is 23.0 Å². The third-order valence-electron chi connectivity index (χ3n) is 3.37. The number of esters is 1. The molecule has 0 aromatic carbocycles. The molecule has 1 atom stereocenters. The van der Waals surface area contributed by atoms with E-state index in [1.807, 2.05) is 11.4 Å². The summed E-state index contributed by atoms with van der Waals surface area (Å²) >= 11 is 0.862. The van der Waals surface area contributed by atoms with Crippen LogP contribution in [0.1, 0.15) is 22.9 Å². The molecule has 0 saturated carbocycles. The van der Waals surface area contributed by atoms with Crippen LogP contribution >= 0.6 is 11.3 Å². The molecule has 1 aromatic heterocycles. The molecule has 0 fully saturated rings. The lowest BCUT2D eigenvalue weighted by Crippen LogP contribution is -2.69. The third kappa shape index (κ3) is 3.79. The van der Waals surface area contributed by atoms with Crippen LogP contribution < -0.4 is 10.6 Å². The molecular weight excluding hydrogens is 363 g/mol. The maximum atomic E-state index is 13.7. The highest BCUT2D eigenvalue weighted by atomic mass is 32.1. The summed E-state index contributed by atoms with van der Waals surface area (Å²) in [6, 6.07) is 1.82. The van der Waals surface area contributed by atoms with Gasteiger partial charge >= 0.3 is 23.9 Å². The molecule has 1 amide bonds. The molecule has 138 valence electrons. The molecule has 25 heavy (non-hydrogen) atoms. The lowest BCUT2D eigenvalue weighted by atomic mass is 10.1. The van der Waals surface area contributed by atoms with E-state index in [4.69, 9.17) is 0 Å². The number of hydrogen-bond acceptors (Lipinski definition) is 7. The minimum Gasteiger partial charge on any atom is -0.466 e. The topological polar surface area (TPSA) is 100 Å². The van der Waals surface area contributed by atoms with Crippen LogP contribution in [-0.4, -0.2) is 38.1 Å². The Bertz CT molecular complexity index is 711. The molecule has 0 aliphatic carbocycles. The van der Waals surface area contributed by atoms with Gasteiger partial charge in [0.05, 0.1) is 19.8 Å². The number of anilines is 1. The van der Waals surface area contributed by atoms with E-state index in [9.17, 15) is 28.0 Å². The van der Waals surface area contributed by atoms with Crippen molar-refractivity contribution in [3.63, 3.8) is 0 Å². The van der Waals surface area contributed by atoms with Crippen molar-refractivity contribution < 1.29 is 32.2 Å². The summed E-state index contributed by atoms with van der Waals surface area (Å²) in [5.41, 5.74) is -3.09. The van der Waals surface area contributed by atoms with Crippen molar-refractivity contribution in [1.29, 1.82) is 5.26 Å². The molecule has 1 rings (SSSR count). The normalized spacial score (nSPS) is 13.4. The number of ether oxygens (including phenoxy) is 2. The van der Waals surface area contributed by atoms with E-state index in [1.54, 1.807) is 13.8 Å². The van der Waals surface area contributed by atoms with Gasteiger partial charge in [-0.2, -0.15) is 18.4 Å². The lowest BCUT2D eigenvalue weighted by Gasteiger charge is -2.34. The molecule has 0 unspecified atom stereocenters. The van der Waals surface area contributed by atoms with Crippen molar-refractivity contribution in [2.75, 3.05) is 19.5 Å². The number of thiophene rings is 1. The molecule has 0 spiro atoms. The second-order valence-corrected chi connectivity index (χ2v) is 6.01. The van der Waals surface area contributed by atoms with E-state index in [2.05, 4.69) is 9.47 Å². The van der Waals surface area contributed by atoms with Crippen molar-refractivity contribution >= 4 is 28.4 Å². The average molecular weight is 379 g/mol. The monoisotopic (exact) mass is 379 g/mol. The van der Waals surface area contributed by atoms with Crippen LogP contribution in [-0.2, 0) is 20.7 Å². The van der Waals surface area contributed by atoms with Crippen LogP contribution in [0, 0.1) is 18.3 Å². The smallest absolute Gasteiger partial charge is 0.442 e. The number of carbonyl (C=O) groups excluding carboxylic acids is 2. The van der Waals surface area contributed by atoms with Crippen molar-refractivity contribution in [3.05, 3.63) is 16.0 Å². The number of rotatable bonds is 5. The zero-order valence-electron chi connectivity index (χ0n) is 13.8. The average Bonchev–Trinajstić information content (AvgIpc) is 2.86. The summed E-state index contributed by atoms with van der Waals surface area (Å²) in [6.07, 6.45) is -6.38. The van der Waals surface area contributed by atoms with E-state index in [0.717, 1.165) is 25.6 Å². The number of nitrogens with one attached hydrogen (secondary N) is 2. The Morgan fingerprint density at radius 3 is 2.28 bits per heavy atom. The summed E-state index contributed by atoms with van der Waals surface area (Å²) in [5, 5.41) is 12.5. The summed E-state index contributed by atoms with van der Waals surface area (Å²) in [7, 11) is 1.59. The maximum Gasteiger partial charge on any atom is 0.442 e. The third-order valence-corrected chi connectivity index (χ3v) is 4.43. The standard InChI is InChI=1S/C14H16F3N3O4S/c1-5-8-7(2)25-10(9(8)6-18)19-13(11(21)23-3,14(15,16)17)20-12(22)24-4/h19H,5H2,1-4H3,(H,20,22)/t13-/m0/s1. The number of carbonyl (C=O) groups is 2. The van der Waals surface area contributed by atoms with E-state index in [0.29, 0.717) is 16.9 Å². The Morgan fingerprint density at radius 1 is 1.28 bits per heavy atom. The number of hydrogen-bond donors (Lipinski definition) is 2. The number of alkyl carbamates (subject to hydrolysis) is 1. The molecule has 2 N–H and O–H groups in total. The van der Waals surface area contributed by atoms with E-state index in [1.165, 1.54) is 5.32 Å². The van der Waals surface area contributed by atoms with Crippen LogP contribution in [0.2, 0.25) is 0 Å². The molecule has 1 heterocycles. The number of halogens is 3.